The maximum Gasteiger partial charge on any atom is 0.340 e. The molecular formula is C76H66O18. The number of esters is 3. The molecule has 0 amide bonds. The molecule has 18 nitrogen and oxygen atoms in total. The SMILES string of the molecule is O=C(OC[C@H]1O[C@@H](OC(=O)c2cc(OCc3ccccc3)c(OCc3ccccc3)c(OCc3ccccc3)c2)[C@H](OCc2ccccc2)[C@@H](OCc2ccccc2)[C@@H]1OC(=O)c1cc(O)c(OCc2ccccc2)c(O)c1)c1cc(O)c(OCc2ccccc2)c(O)c1. The highest BCUT2D eigenvalue weighted by atomic mass is 16.7. The van der Waals surface area contributed by atoms with E-state index in [0.29, 0.717) is 11.1 Å². The highest BCUT2D eigenvalue weighted by Gasteiger charge is 2.52. The van der Waals surface area contributed by atoms with Gasteiger partial charge in [0.05, 0.1) is 29.9 Å². The summed E-state index contributed by atoms with van der Waals surface area (Å²) in [5.74, 6) is -5.71. The van der Waals surface area contributed by atoms with Gasteiger partial charge in [0.25, 0.3) is 0 Å². The first-order valence-corrected chi connectivity index (χ1v) is 30.2. The van der Waals surface area contributed by atoms with Crippen LogP contribution >= 0.6 is 0 Å². The van der Waals surface area contributed by atoms with E-state index in [-0.39, 0.29) is 91.7 Å². The molecule has 5 atom stereocenters. The van der Waals surface area contributed by atoms with E-state index >= 15 is 4.79 Å². The molecule has 0 spiro atoms. The number of aromatic hydroxyl groups is 4. The zero-order valence-electron chi connectivity index (χ0n) is 50.7. The maximum absolute atomic E-state index is 15.4. The van der Waals surface area contributed by atoms with Gasteiger partial charge in [-0.15, -0.1) is 0 Å². The van der Waals surface area contributed by atoms with Crippen molar-refractivity contribution >= 4 is 17.9 Å². The molecule has 11 rings (SSSR count). The Balaban J connectivity index is 0.970. The fourth-order valence-corrected chi connectivity index (χ4v) is 10.2. The first-order chi connectivity index (χ1) is 46.0. The van der Waals surface area contributed by atoms with E-state index in [1.54, 1.807) is 72.8 Å². The number of rotatable bonds is 28. The van der Waals surface area contributed by atoms with Gasteiger partial charge in [0.1, 0.15) is 51.8 Å². The monoisotopic (exact) mass is 1270 g/mol. The van der Waals surface area contributed by atoms with Crippen LogP contribution in [0.15, 0.2) is 249 Å². The van der Waals surface area contributed by atoms with E-state index in [4.69, 9.17) is 52.1 Å². The van der Waals surface area contributed by atoms with Crippen LogP contribution in [0.4, 0.5) is 0 Å². The van der Waals surface area contributed by atoms with Crippen molar-refractivity contribution in [2.45, 2.75) is 77.0 Å². The van der Waals surface area contributed by atoms with Crippen molar-refractivity contribution in [1.29, 1.82) is 0 Å². The Hall–Kier alpha value is -11.3. The smallest absolute Gasteiger partial charge is 0.340 e. The van der Waals surface area contributed by atoms with Gasteiger partial charge in [-0.3, -0.25) is 0 Å². The van der Waals surface area contributed by atoms with Gasteiger partial charge in [0.2, 0.25) is 23.5 Å². The van der Waals surface area contributed by atoms with E-state index in [2.05, 4.69) is 0 Å². The lowest BCUT2D eigenvalue weighted by atomic mass is 9.97. The third-order valence-corrected chi connectivity index (χ3v) is 15.0. The number of carbonyl (C=O) groups excluding carboxylic acids is 3. The molecule has 1 aliphatic rings. The van der Waals surface area contributed by atoms with Gasteiger partial charge in [-0.25, -0.2) is 14.4 Å². The maximum atomic E-state index is 15.4. The predicted molar refractivity (Wildman–Crippen MR) is 343 cm³/mol. The average Bonchev–Trinajstić information content (AvgIpc) is 0.816. The molecule has 0 aromatic heterocycles. The minimum absolute atomic E-state index is 0.0213. The number of hydrogen-bond acceptors (Lipinski definition) is 18. The van der Waals surface area contributed by atoms with Crippen LogP contribution in [-0.2, 0) is 74.7 Å². The molecule has 1 aliphatic heterocycles. The largest absolute Gasteiger partial charge is 0.504 e. The summed E-state index contributed by atoms with van der Waals surface area (Å²) in [6.07, 6.45) is -8.00. The van der Waals surface area contributed by atoms with Crippen LogP contribution < -0.4 is 23.7 Å². The summed E-state index contributed by atoms with van der Waals surface area (Å²) in [6, 6.07) is 71.5. The third kappa shape index (κ3) is 17.2. The summed E-state index contributed by atoms with van der Waals surface area (Å²) in [5.41, 5.74) is 4.53. The quantitative estimate of drug-likeness (QED) is 0.0264. The molecule has 0 radical (unpaired) electrons. The molecule has 4 N–H and O–H groups in total. The van der Waals surface area contributed by atoms with Crippen molar-refractivity contribution in [2.24, 2.45) is 0 Å². The Bertz CT molecular complexity index is 3980. The normalized spacial score (nSPS) is 15.8. The van der Waals surface area contributed by atoms with Crippen LogP contribution in [0.3, 0.4) is 0 Å². The van der Waals surface area contributed by atoms with E-state index in [9.17, 15) is 30.0 Å². The van der Waals surface area contributed by atoms with Crippen molar-refractivity contribution in [3.05, 3.63) is 304 Å². The van der Waals surface area contributed by atoms with Gasteiger partial charge in [-0.05, 0) is 75.3 Å². The third-order valence-electron chi connectivity index (χ3n) is 15.0. The van der Waals surface area contributed by atoms with Gasteiger partial charge in [-0.2, -0.15) is 0 Å². The molecular weight excluding hydrogens is 1200 g/mol. The molecule has 10 aromatic rings. The fraction of sp³-hybridized carbons (Fsp3) is 0.171. The fourth-order valence-electron chi connectivity index (χ4n) is 10.2. The number of ether oxygens (including phenoxy) is 11. The summed E-state index contributed by atoms with van der Waals surface area (Å²) in [5, 5.41) is 44.9. The summed E-state index contributed by atoms with van der Waals surface area (Å²) >= 11 is 0. The van der Waals surface area contributed by atoms with Crippen LogP contribution in [0, 0.1) is 0 Å². The number of benzene rings is 10. The van der Waals surface area contributed by atoms with Crippen molar-refractivity contribution in [2.75, 3.05) is 6.61 Å². The van der Waals surface area contributed by atoms with E-state index in [1.165, 1.54) is 12.1 Å². The lowest BCUT2D eigenvalue weighted by Crippen LogP contribution is -2.62. The molecule has 10 aromatic carbocycles. The molecule has 18 heteroatoms. The number of phenols is 4. The van der Waals surface area contributed by atoms with Crippen LogP contribution in [0.2, 0.25) is 0 Å². The highest BCUT2D eigenvalue weighted by molar-refractivity contribution is 5.93. The number of phenolic OH excluding ortho intramolecular Hbond substituents is 4. The van der Waals surface area contributed by atoms with Crippen molar-refractivity contribution < 1.29 is 86.9 Å². The van der Waals surface area contributed by atoms with Crippen LogP contribution in [0.25, 0.3) is 0 Å². The molecule has 1 saturated heterocycles. The molecule has 1 heterocycles. The predicted octanol–water partition coefficient (Wildman–Crippen LogP) is 13.5. The summed E-state index contributed by atoms with van der Waals surface area (Å²) in [6.45, 7) is -0.919. The van der Waals surface area contributed by atoms with Gasteiger partial charge >= 0.3 is 17.9 Å². The van der Waals surface area contributed by atoms with Crippen LogP contribution in [-0.4, -0.2) is 75.6 Å². The number of hydrogen-bond donors (Lipinski definition) is 4. The molecule has 0 unspecified atom stereocenters. The highest BCUT2D eigenvalue weighted by Crippen LogP contribution is 2.43. The second kappa shape index (κ2) is 31.6. The average molecular weight is 1270 g/mol. The zero-order valence-corrected chi connectivity index (χ0v) is 50.7. The standard InChI is InChI=1S/C76H66O18/c77-60-36-57(37-61(78)67(60)86-44-52-26-12-3-13-27-52)73(81)91-49-66-70(93-74(82)58-38-62(79)68(63(80)39-58)87-45-53-28-14-4-15-29-53)71(89-47-55-32-18-6-19-33-55)72(90-48-56-34-20-7-21-35-56)76(92-66)94-75(83)59-40-64(84-42-50-22-8-1-9-23-50)69(88-46-54-30-16-5-17-31-54)65(41-59)85-43-51-24-10-2-11-25-51/h1-41,66,70-72,76-80H,42-49H2/t66-,70-,71+,72-,76+/m1/s1. The lowest BCUT2D eigenvalue weighted by molar-refractivity contribution is -0.304. The minimum atomic E-state index is -1.78. The van der Waals surface area contributed by atoms with Crippen molar-refractivity contribution in [1.82, 2.24) is 0 Å². The molecule has 478 valence electrons. The molecule has 0 saturated carbocycles. The van der Waals surface area contributed by atoms with E-state index < -0.39 is 78.2 Å². The molecule has 94 heavy (non-hydrogen) atoms. The summed E-state index contributed by atoms with van der Waals surface area (Å²) < 4.78 is 70.1. The van der Waals surface area contributed by atoms with Gasteiger partial charge in [0.15, 0.2) is 46.7 Å². The van der Waals surface area contributed by atoms with E-state index in [0.717, 1.165) is 52.1 Å². The Kier molecular flexibility index (Phi) is 21.6. The number of carbonyl (C=O) groups is 3. The van der Waals surface area contributed by atoms with Gasteiger partial charge in [0, 0.05) is 0 Å². The first kappa shape index (κ1) is 64.2. The van der Waals surface area contributed by atoms with E-state index in [1.807, 2.05) is 140 Å². The van der Waals surface area contributed by atoms with Crippen molar-refractivity contribution in [3.63, 3.8) is 0 Å². The molecule has 1 fully saturated rings. The van der Waals surface area contributed by atoms with Gasteiger partial charge < -0.3 is 72.5 Å². The Morgan fingerprint density at radius 2 is 0.617 bits per heavy atom. The Morgan fingerprint density at radius 1 is 0.319 bits per heavy atom. The second-order valence-electron chi connectivity index (χ2n) is 21.8. The van der Waals surface area contributed by atoms with Crippen molar-refractivity contribution in [3.8, 4) is 51.7 Å². The second-order valence-corrected chi connectivity index (χ2v) is 21.8. The first-order valence-electron chi connectivity index (χ1n) is 30.2. The Morgan fingerprint density at radius 3 is 0.989 bits per heavy atom. The lowest BCUT2D eigenvalue weighted by Gasteiger charge is -2.44. The topological polar surface area (TPSA) is 234 Å². The zero-order chi connectivity index (χ0) is 65.0. The van der Waals surface area contributed by atoms with Gasteiger partial charge in [-0.1, -0.05) is 212 Å². The molecule has 0 bridgehead atoms. The van der Waals surface area contributed by atoms with Crippen LogP contribution in [0.5, 0.6) is 51.7 Å². The minimum Gasteiger partial charge on any atom is -0.504 e. The molecule has 0 aliphatic carbocycles. The Labute approximate surface area is 542 Å². The summed E-state index contributed by atoms with van der Waals surface area (Å²) in [7, 11) is 0. The summed E-state index contributed by atoms with van der Waals surface area (Å²) in [4.78, 5) is 44.4. The van der Waals surface area contributed by atoms with Crippen LogP contribution in [0.1, 0.15) is 70.0 Å².